The molecule has 0 aromatic carbocycles. The fraction of sp³-hybridized carbons (Fsp3) is 0.833. The Labute approximate surface area is 104 Å². The van der Waals surface area contributed by atoms with Crippen LogP contribution in [0.5, 0.6) is 0 Å². The van der Waals surface area contributed by atoms with Gasteiger partial charge in [0, 0.05) is 12.8 Å². The average Bonchev–Trinajstić information content (AvgIpc) is 2.25. The third-order valence-corrected chi connectivity index (χ3v) is 5.86. The van der Waals surface area contributed by atoms with Crippen molar-refractivity contribution in [3.63, 3.8) is 0 Å². The van der Waals surface area contributed by atoms with Gasteiger partial charge < -0.3 is 9.84 Å². The van der Waals surface area contributed by atoms with E-state index >= 15 is 0 Å². The molecule has 0 saturated heterocycles. The maximum atomic E-state index is 11.0. The van der Waals surface area contributed by atoms with Gasteiger partial charge >= 0.3 is 11.9 Å². The zero-order valence-corrected chi connectivity index (χ0v) is 11.8. The minimum absolute atomic E-state index is 0.157. The third kappa shape index (κ3) is 9.11. The van der Waals surface area contributed by atoms with Gasteiger partial charge in [0.1, 0.15) is 0 Å². The van der Waals surface area contributed by atoms with Crippen LogP contribution in [0.3, 0.4) is 0 Å². The molecule has 5 heteroatoms. The summed E-state index contributed by atoms with van der Waals surface area (Å²) in [5.41, 5.74) is 0.594. The van der Waals surface area contributed by atoms with E-state index in [2.05, 4.69) is 18.6 Å². The van der Waals surface area contributed by atoms with Gasteiger partial charge in [0.05, 0.1) is 7.11 Å². The van der Waals surface area contributed by atoms with Crippen LogP contribution < -0.4 is 0 Å². The quantitative estimate of drug-likeness (QED) is 0.512. The number of carboxylic acids is 1. The van der Waals surface area contributed by atoms with Crippen molar-refractivity contribution < 1.29 is 19.4 Å². The molecule has 0 aromatic rings. The van der Waals surface area contributed by atoms with Gasteiger partial charge in [0.15, 0.2) is 0 Å². The number of methoxy groups -OCH3 is 1. The molecule has 0 aliphatic carbocycles. The Morgan fingerprint density at radius 2 is 1.71 bits per heavy atom. The Morgan fingerprint density at radius 3 is 2.12 bits per heavy atom. The summed E-state index contributed by atoms with van der Waals surface area (Å²) in [5, 5.41) is 8.59. The highest BCUT2D eigenvalue weighted by Gasteiger charge is 2.13. The molecule has 0 radical (unpaired) electrons. The summed E-state index contributed by atoms with van der Waals surface area (Å²) in [6.07, 6.45) is 4.34. The van der Waals surface area contributed by atoms with E-state index in [4.69, 9.17) is 5.11 Å². The standard InChI is InChI=1S/C12H23O4P/c1-10(2)17(8-4-6-11(13)14)9-5-7-12(15)16-3/h10H,4-9H2,1-3H3,(H,13,14). The molecule has 17 heavy (non-hydrogen) atoms. The molecule has 0 amide bonds. The largest absolute Gasteiger partial charge is 0.481 e. The Morgan fingerprint density at radius 1 is 1.18 bits per heavy atom. The van der Waals surface area contributed by atoms with Gasteiger partial charge in [0.25, 0.3) is 0 Å². The van der Waals surface area contributed by atoms with Crippen molar-refractivity contribution in [1.29, 1.82) is 0 Å². The van der Waals surface area contributed by atoms with Crippen LogP contribution in [0.25, 0.3) is 0 Å². The molecule has 0 rings (SSSR count). The maximum absolute atomic E-state index is 11.0. The van der Waals surface area contributed by atoms with Crippen molar-refractivity contribution in [2.75, 3.05) is 19.4 Å². The van der Waals surface area contributed by atoms with Crippen LogP contribution in [0.15, 0.2) is 0 Å². The average molecular weight is 262 g/mol. The number of carbonyl (C=O) groups is 2. The van der Waals surface area contributed by atoms with Crippen LogP contribution in [0.2, 0.25) is 0 Å². The van der Waals surface area contributed by atoms with Gasteiger partial charge in [-0.2, -0.15) is 0 Å². The molecule has 1 atom stereocenters. The summed E-state index contributed by atoms with van der Waals surface area (Å²) >= 11 is 0. The zero-order chi connectivity index (χ0) is 13.3. The van der Waals surface area contributed by atoms with E-state index in [0.29, 0.717) is 12.1 Å². The maximum Gasteiger partial charge on any atom is 0.305 e. The number of ether oxygens (including phenoxy) is 1. The molecule has 0 aliphatic rings. The highest BCUT2D eigenvalue weighted by Crippen LogP contribution is 2.42. The van der Waals surface area contributed by atoms with E-state index in [9.17, 15) is 9.59 Å². The first-order valence-corrected chi connectivity index (χ1v) is 7.78. The van der Waals surface area contributed by atoms with Crippen LogP contribution in [-0.2, 0) is 14.3 Å². The molecule has 4 nitrogen and oxygen atoms in total. The van der Waals surface area contributed by atoms with Gasteiger partial charge in [-0.25, -0.2) is 0 Å². The second kappa shape index (κ2) is 9.41. The topological polar surface area (TPSA) is 63.6 Å². The molecule has 0 heterocycles. The van der Waals surface area contributed by atoms with E-state index in [1.807, 2.05) is 0 Å². The lowest BCUT2D eigenvalue weighted by molar-refractivity contribution is -0.140. The highest BCUT2D eigenvalue weighted by atomic mass is 31.1. The smallest absolute Gasteiger partial charge is 0.305 e. The number of esters is 1. The minimum Gasteiger partial charge on any atom is -0.481 e. The van der Waals surface area contributed by atoms with Crippen molar-refractivity contribution in [3.05, 3.63) is 0 Å². The second-order valence-corrected chi connectivity index (χ2v) is 7.41. The molecule has 0 fully saturated rings. The van der Waals surface area contributed by atoms with Crippen molar-refractivity contribution in [1.82, 2.24) is 0 Å². The first kappa shape index (κ1) is 16.4. The summed E-state index contributed by atoms with van der Waals surface area (Å²) in [5.74, 6) is -0.882. The molecule has 0 bridgehead atoms. The molecule has 0 aliphatic heterocycles. The van der Waals surface area contributed by atoms with Gasteiger partial charge in [-0.3, -0.25) is 9.59 Å². The normalized spacial score (nSPS) is 12.5. The summed E-state index contributed by atoms with van der Waals surface area (Å²) in [6.45, 7) is 4.34. The number of hydrogen-bond acceptors (Lipinski definition) is 3. The molecule has 0 saturated carbocycles. The van der Waals surface area contributed by atoms with Gasteiger partial charge in [-0.15, -0.1) is 7.92 Å². The fourth-order valence-electron chi connectivity index (χ4n) is 1.59. The van der Waals surface area contributed by atoms with E-state index in [0.717, 1.165) is 25.2 Å². The Bertz CT molecular complexity index is 241. The predicted molar refractivity (Wildman–Crippen MR) is 69.9 cm³/mol. The van der Waals surface area contributed by atoms with E-state index in [-0.39, 0.29) is 20.3 Å². The minimum atomic E-state index is -0.724. The Balaban J connectivity index is 3.82. The van der Waals surface area contributed by atoms with Crippen LogP contribution in [-0.4, -0.2) is 42.1 Å². The molecule has 0 aromatic heterocycles. The van der Waals surface area contributed by atoms with Gasteiger partial charge in [0.2, 0.25) is 0 Å². The molecule has 1 N–H and O–H groups in total. The lowest BCUT2D eigenvalue weighted by atomic mass is 10.3. The first-order valence-electron chi connectivity index (χ1n) is 6.00. The van der Waals surface area contributed by atoms with Crippen molar-refractivity contribution >= 4 is 19.9 Å². The molecular formula is C12H23O4P. The van der Waals surface area contributed by atoms with Crippen LogP contribution in [0.1, 0.15) is 39.5 Å². The number of aliphatic carboxylic acids is 1. The van der Waals surface area contributed by atoms with Crippen LogP contribution in [0, 0.1) is 0 Å². The molecule has 1 unspecified atom stereocenters. The van der Waals surface area contributed by atoms with E-state index < -0.39 is 5.97 Å². The number of carbonyl (C=O) groups excluding carboxylic acids is 1. The zero-order valence-electron chi connectivity index (χ0n) is 10.9. The SMILES string of the molecule is COC(=O)CCCP(CCCC(=O)O)C(C)C. The highest BCUT2D eigenvalue weighted by molar-refractivity contribution is 7.58. The Kier molecular flexibility index (Phi) is 9.06. The lowest BCUT2D eigenvalue weighted by Gasteiger charge is -2.21. The second-order valence-electron chi connectivity index (χ2n) is 4.31. The first-order chi connectivity index (χ1) is 7.97. The molecule has 100 valence electrons. The Hall–Kier alpha value is -0.630. The summed E-state index contributed by atoms with van der Waals surface area (Å²) in [7, 11) is 1.25. The predicted octanol–water partition coefficient (Wildman–Crippen LogP) is 2.69. The summed E-state index contributed by atoms with van der Waals surface area (Å²) in [6, 6.07) is 0. The lowest BCUT2D eigenvalue weighted by Crippen LogP contribution is -2.06. The van der Waals surface area contributed by atoms with Crippen LogP contribution in [0.4, 0.5) is 0 Å². The fourth-order valence-corrected chi connectivity index (χ4v) is 3.98. The van der Waals surface area contributed by atoms with Crippen LogP contribution >= 0.6 is 7.92 Å². The molecule has 0 spiro atoms. The van der Waals surface area contributed by atoms with E-state index in [1.165, 1.54) is 7.11 Å². The number of hydrogen-bond donors (Lipinski definition) is 1. The molecular weight excluding hydrogens is 239 g/mol. The van der Waals surface area contributed by atoms with Gasteiger partial charge in [-0.05, 0) is 30.8 Å². The number of carboxylic acid groups (broad SMARTS) is 1. The summed E-state index contributed by atoms with van der Waals surface area (Å²) in [4.78, 5) is 21.4. The van der Waals surface area contributed by atoms with Crippen molar-refractivity contribution in [3.8, 4) is 0 Å². The summed E-state index contributed by atoms with van der Waals surface area (Å²) < 4.78 is 4.60. The van der Waals surface area contributed by atoms with Crippen molar-refractivity contribution in [2.45, 2.75) is 45.2 Å². The van der Waals surface area contributed by atoms with Gasteiger partial charge in [-0.1, -0.05) is 13.8 Å². The third-order valence-electron chi connectivity index (χ3n) is 2.62. The van der Waals surface area contributed by atoms with E-state index in [1.54, 1.807) is 0 Å². The monoisotopic (exact) mass is 262 g/mol. The number of rotatable bonds is 9. The van der Waals surface area contributed by atoms with Crippen molar-refractivity contribution in [2.24, 2.45) is 0 Å².